The minimum Gasteiger partial charge on any atom is -0.482 e. The largest absolute Gasteiger partial charge is 0.482 e. The SMILES string of the molecule is Cc1ccc(F)c(Cl)c1C(C)Oc1cc(-c2cnn(CC3(O)CCNCC3)c2)cnc1N. The summed E-state index contributed by atoms with van der Waals surface area (Å²) in [5.74, 6) is 0.104. The number of hydrogen-bond donors (Lipinski definition) is 3. The van der Waals surface area contributed by atoms with Gasteiger partial charge in [0.2, 0.25) is 0 Å². The molecule has 1 unspecified atom stereocenters. The Labute approximate surface area is 191 Å². The molecule has 1 aliphatic heterocycles. The highest BCUT2D eigenvalue weighted by molar-refractivity contribution is 6.31. The second kappa shape index (κ2) is 9.05. The van der Waals surface area contributed by atoms with E-state index in [-0.39, 0.29) is 10.8 Å². The molecule has 0 bridgehead atoms. The Kier molecular flexibility index (Phi) is 6.37. The zero-order valence-electron chi connectivity index (χ0n) is 18.1. The predicted molar refractivity (Wildman–Crippen MR) is 122 cm³/mol. The van der Waals surface area contributed by atoms with E-state index in [2.05, 4.69) is 15.4 Å². The van der Waals surface area contributed by atoms with Crippen LogP contribution in [-0.2, 0) is 6.54 Å². The second-order valence-electron chi connectivity index (χ2n) is 8.36. The van der Waals surface area contributed by atoms with E-state index in [9.17, 15) is 9.50 Å². The fourth-order valence-corrected chi connectivity index (χ4v) is 4.44. The van der Waals surface area contributed by atoms with Crippen LogP contribution in [0.5, 0.6) is 5.75 Å². The maximum atomic E-state index is 14.0. The zero-order chi connectivity index (χ0) is 22.9. The van der Waals surface area contributed by atoms with Gasteiger partial charge in [-0.25, -0.2) is 9.37 Å². The Morgan fingerprint density at radius 3 is 2.81 bits per heavy atom. The van der Waals surface area contributed by atoms with Gasteiger partial charge in [0.05, 0.1) is 23.4 Å². The maximum Gasteiger partial charge on any atom is 0.166 e. The first-order valence-corrected chi connectivity index (χ1v) is 11.0. The van der Waals surface area contributed by atoms with Crippen molar-refractivity contribution in [2.75, 3.05) is 18.8 Å². The van der Waals surface area contributed by atoms with Crippen LogP contribution in [-0.4, -0.2) is 38.6 Å². The predicted octanol–water partition coefficient (Wildman–Crippen LogP) is 3.88. The van der Waals surface area contributed by atoms with E-state index < -0.39 is 17.5 Å². The molecule has 1 aliphatic rings. The Balaban J connectivity index is 1.55. The van der Waals surface area contributed by atoms with E-state index in [1.54, 1.807) is 36.1 Å². The number of rotatable bonds is 6. The third-order valence-corrected chi connectivity index (χ3v) is 6.28. The van der Waals surface area contributed by atoms with Gasteiger partial charge in [-0.3, -0.25) is 4.68 Å². The highest BCUT2D eigenvalue weighted by Gasteiger charge is 2.30. The van der Waals surface area contributed by atoms with Gasteiger partial charge in [-0.2, -0.15) is 5.10 Å². The van der Waals surface area contributed by atoms with Gasteiger partial charge >= 0.3 is 0 Å². The number of nitrogens with two attached hydrogens (primary N) is 1. The number of halogens is 2. The van der Waals surface area contributed by atoms with Crippen molar-refractivity contribution in [3.8, 4) is 16.9 Å². The number of anilines is 1. The van der Waals surface area contributed by atoms with E-state index in [1.807, 2.05) is 13.1 Å². The van der Waals surface area contributed by atoms with Crippen LogP contribution in [0.2, 0.25) is 5.02 Å². The minimum absolute atomic E-state index is 0.0392. The maximum absolute atomic E-state index is 14.0. The highest BCUT2D eigenvalue weighted by atomic mass is 35.5. The van der Waals surface area contributed by atoms with Gasteiger partial charge in [-0.1, -0.05) is 17.7 Å². The van der Waals surface area contributed by atoms with Gasteiger partial charge in [0, 0.05) is 29.1 Å². The zero-order valence-corrected chi connectivity index (χ0v) is 18.9. The molecule has 3 aromatic rings. The summed E-state index contributed by atoms with van der Waals surface area (Å²) in [5.41, 5.74) is 8.27. The summed E-state index contributed by atoms with van der Waals surface area (Å²) in [4.78, 5) is 4.25. The van der Waals surface area contributed by atoms with Crippen molar-refractivity contribution in [2.45, 2.75) is 44.9 Å². The molecule has 170 valence electrons. The molecule has 1 fully saturated rings. The third-order valence-electron chi connectivity index (χ3n) is 5.90. The van der Waals surface area contributed by atoms with E-state index >= 15 is 0 Å². The lowest BCUT2D eigenvalue weighted by atomic mass is 9.92. The third kappa shape index (κ3) is 4.72. The lowest BCUT2D eigenvalue weighted by molar-refractivity contribution is -0.00821. The molecule has 3 heterocycles. The normalized spacial score (nSPS) is 16.7. The molecule has 0 amide bonds. The van der Waals surface area contributed by atoms with Crippen molar-refractivity contribution in [3.05, 3.63) is 58.8 Å². The number of hydrogen-bond acceptors (Lipinski definition) is 6. The number of aromatic nitrogens is 3. The van der Waals surface area contributed by atoms with Crippen LogP contribution < -0.4 is 15.8 Å². The van der Waals surface area contributed by atoms with Gasteiger partial charge in [-0.15, -0.1) is 0 Å². The number of nitrogen functional groups attached to an aromatic ring is 1. The Bertz CT molecular complexity index is 1110. The monoisotopic (exact) mass is 459 g/mol. The molecule has 0 spiro atoms. The van der Waals surface area contributed by atoms with Crippen LogP contribution in [0, 0.1) is 12.7 Å². The Morgan fingerprint density at radius 1 is 1.31 bits per heavy atom. The molecule has 2 aromatic heterocycles. The quantitative estimate of drug-likeness (QED) is 0.517. The molecule has 4 rings (SSSR count). The number of aliphatic hydroxyl groups is 1. The van der Waals surface area contributed by atoms with Crippen LogP contribution in [0.1, 0.15) is 37.0 Å². The number of nitrogens with one attached hydrogen (secondary N) is 1. The first-order valence-electron chi connectivity index (χ1n) is 10.6. The minimum atomic E-state index is -0.764. The van der Waals surface area contributed by atoms with E-state index in [4.69, 9.17) is 22.1 Å². The van der Waals surface area contributed by atoms with Crippen molar-refractivity contribution in [1.82, 2.24) is 20.1 Å². The number of nitrogens with zero attached hydrogens (tertiary/aromatic N) is 3. The molecular weight excluding hydrogens is 433 g/mol. The van der Waals surface area contributed by atoms with Crippen LogP contribution in [0.25, 0.3) is 11.1 Å². The first-order chi connectivity index (χ1) is 15.3. The fraction of sp³-hybridized carbons (Fsp3) is 0.391. The number of pyridine rings is 1. The molecule has 0 saturated carbocycles. The van der Waals surface area contributed by atoms with Crippen LogP contribution >= 0.6 is 11.6 Å². The average Bonchev–Trinajstić information content (AvgIpc) is 3.21. The fourth-order valence-electron chi connectivity index (χ4n) is 4.07. The molecule has 0 aliphatic carbocycles. The lowest BCUT2D eigenvalue weighted by Crippen LogP contribution is -2.44. The Hall–Kier alpha value is -2.68. The summed E-state index contributed by atoms with van der Waals surface area (Å²) >= 11 is 6.18. The summed E-state index contributed by atoms with van der Waals surface area (Å²) < 4.78 is 21.8. The molecule has 32 heavy (non-hydrogen) atoms. The highest BCUT2D eigenvalue weighted by Crippen LogP contribution is 2.35. The van der Waals surface area contributed by atoms with Gasteiger partial charge < -0.3 is 20.9 Å². The summed E-state index contributed by atoms with van der Waals surface area (Å²) in [5, 5.41) is 18.5. The summed E-state index contributed by atoms with van der Waals surface area (Å²) in [6.45, 7) is 5.65. The topological polar surface area (TPSA) is 98.2 Å². The molecule has 1 atom stereocenters. The molecule has 1 aromatic carbocycles. The van der Waals surface area contributed by atoms with Crippen molar-refractivity contribution < 1.29 is 14.2 Å². The van der Waals surface area contributed by atoms with Crippen molar-refractivity contribution >= 4 is 17.4 Å². The molecule has 1 saturated heterocycles. The van der Waals surface area contributed by atoms with Gasteiger partial charge in [-0.05, 0) is 57.5 Å². The second-order valence-corrected chi connectivity index (χ2v) is 8.74. The van der Waals surface area contributed by atoms with E-state index in [1.165, 1.54) is 6.07 Å². The molecule has 0 radical (unpaired) electrons. The molecule has 7 nitrogen and oxygen atoms in total. The molecule has 9 heteroatoms. The molecular formula is C23H27ClFN5O2. The van der Waals surface area contributed by atoms with E-state index in [0.29, 0.717) is 30.7 Å². The van der Waals surface area contributed by atoms with Crippen LogP contribution in [0.3, 0.4) is 0 Å². The summed E-state index contributed by atoms with van der Waals surface area (Å²) in [6.07, 6.45) is 6.07. The van der Waals surface area contributed by atoms with Crippen LogP contribution in [0.15, 0.2) is 36.8 Å². The summed E-state index contributed by atoms with van der Waals surface area (Å²) in [7, 11) is 0. The number of benzene rings is 1. The van der Waals surface area contributed by atoms with Crippen molar-refractivity contribution in [2.24, 2.45) is 0 Å². The number of ether oxygens (including phenoxy) is 1. The molecule has 4 N–H and O–H groups in total. The average molecular weight is 460 g/mol. The summed E-state index contributed by atoms with van der Waals surface area (Å²) in [6, 6.07) is 4.78. The van der Waals surface area contributed by atoms with Crippen molar-refractivity contribution in [3.63, 3.8) is 0 Å². The standard InChI is InChI=1S/C23H27ClFN5O2/c1-14-3-4-18(25)21(24)20(14)15(2)32-19-9-16(10-28-22(19)26)17-11-29-30(12-17)13-23(31)5-7-27-8-6-23/h3-4,9-12,15,27,31H,5-8,13H2,1-2H3,(H2,26,28). The van der Waals surface area contributed by atoms with Gasteiger partial charge in [0.25, 0.3) is 0 Å². The van der Waals surface area contributed by atoms with E-state index in [0.717, 1.165) is 29.8 Å². The van der Waals surface area contributed by atoms with Crippen molar-refractivity contribution in [1.29, 1.82) is 0 Å². The van der Waals surface area contributed by atoms with Gasteiger partial charge in [0.1, 0.15) is 11.9 Å². The van der Waals surface area contributed by atoms with Crippen LogP contribution in [0.4, 0.5) is 10.2 Å². The first kappa shape index (κ1) is 22.5. The Morgan fingerprint density at radius 2 is 2.06 bits per heavy atom. The van der Waals surface area contributed by atoms with Gasteiger partial charge in [0.15, 0.2) is 11.6 Å². The lowest BCUT2D eigenvalue weighted by Gasteiger charge is -2.32. The number of piperidine rings is 1. The smallest absolute Gasteiger partial charge is 0.166 e. The number of aryl methyl sites for hydroxylation is 1.